The fourth-order valence-electron chi connectivity index (χ4n) is 9.69. The first-order chi connectivity index (χ1) is 42.6. The number of aliphatic hydroxyl groups is 2. The van der Waals surface area contributed by atoms with Crippen molar-refractivity contribution in [2.45, 2.75) is 220 Å². The number of nitrogens with two attached hydrogens (primary N) is 3. The molecule has 1 aromatic rings. The molecule has 0 radical (unpaired) electrons. The molecule has 0 aliphatic carbocycles. The van der Waals surface area contributed by atoms with Crippen molar-refractivity contribution >= 4 is 76.9 Å². The van der Waals surface area contributed by atoms with Crippen molar-refractivity contribution in [1.82, 2.24) is 53.2 Å². The molecule has 0 aromatic heterocycles. The molecule has 11 amide bonds. The lowest BCUT2D eigenvalue weighted by Crippen LogP contribution is -2.63. The van der Waals surface area contributed by atoms with Gasteiger partial charge >= 0.3 is 5.97 Å². The van der Waals surface area contributed by atoms with Crippen LogP contribution in [0.25, 0.3) is 0 Å². The molecule has 0 unspecified atom stereocenters. The number of cyclic esters (lactones) is 1. The molecule has 16 atom stereocenters. The van der Waals surface area contributed by atoms with Gasteiger partial charge in [0.05, 0.1) is 13.2 Å². The summed E-state index contributed by atoms with van der Waals surface area (Å²) in [6.45, 7) is 16.5. The van der Waals surface area contributed by atoms with E-state index >= 15 is 0 Å². The summed E-state index contributed by atoms with van der Waals surface area (Å²) in [6, 6.07) is -5.38. The van der Waals surface area contributed by atoms with Gasteiger partial charge in [-0.3, -0.25) is 57.7 Å². The third-order valence-electron chi connectivity index (χ3n) is 16.4. The Kier molecular flexibility index (Phi) is 34.7. The summed E-state index contributed by atoms with van der Waals surface area (Å²) in [5.74, 6) is -13.6. The number of carbonyl (C=O) groups is 12. The van der Waals surface area contributed by atoms with Crippen LogP contribution in [0.15, 0.2) is 35.3 Å². The molecule has 29 heteroatoms. The van der Waals surface area contributed by atoms with Crippen LogP contribution in [0.1, 0.15) is 152 Å². The second-order valence-corrected chi connectivity index (χ2v) is 23.3. The molecule has 2 rings (SSSR count). The van der Waals surface area contributed by atoms with E-state index in [-0.39, 0.29) is 44.6 Å². The Morgan fingerprint density at radius 3 is 1.53 bits per heavy atom. The molecule has 1 saturated heterocycles. The van der Waals surface area contributed by atoms with Crippen LogP contribution in [0.5, 0.6) is 0 Å². The largest absolute Gasteiger partial charge is 0.458 e. The Balaban J connectivity index is 2.47. The number of ether oxygens (including phenoxy) is 1. The van der Waals surface area contributed by atoms with Gasteiger partial charge in [-0.25, -0.2) is 4.79 Å². The van der Waals surface area contributed by atoms with E-state index < -0.39 is 193 Å². The van der Waals surface area contributed by atoms with Gasteiger partial charge in [-0.15, -0.1) is 0 Å². The number of benzene rings is 1. The first kappa shape index (κ1) is 78.1. The zero-order chi connectivity index (χ0) is 67.9. The maximum absolute atomic E-state index is 14.5. The zero-order valence-electron chi connectivity index (χ0n) is 54.1. The number of nitrogens with one attached hydrogen (secondary N) is 10. The predicted octanol–water partition coefficient (Wildman–Crippen LogP) is -1.66. The number of hydrogen-bond donors (Lipinski definition) is 15. The molecule has 1 fully saturated rings. The van der Waals surface area contributed by atoms with Crippen LogP contribution in [-0.4, -0.2) is 173 Å². The van der Waals surface area contributed by atoms with Crippen LogP contribution in [-0.2, 0) is 68.7 Å². The van der Waals surface area contributed by atoms with Crippen LogP contribution in [0, 0.1) is 29.6 Å². The minimum Gasteiger partial charge on any atom is -0.458 e. The number of guanidine groups is 1. The molecule has 0 saturated carbocycles. The fraction of sp³-hybridized carbons (Fsp3) is 0.689. The smallest absolute Gasteiger partial charge is 0.329 e. The van der Waals surface area contributed by atoms with E-state index in [1.807, 2.05) is 44.2 Å². The molecule has 29 nitrogen and oxygen atoms in total. The molecule has 1 aromatic carbocycles. The monoisotopic (exact) mass is 1270 g/mol. The van der Waals surface area contributed by atoms with Crippen molar-refractivity contribution < 1.29 is 72.5 Å². The molecule has 0 bridgehead atoms. The van der Waals surface area contributed by atoms with Crippen molar-refractivity contribution in [2.24, 2.45) is 51.8 Å². The van der Waals surface area contributed by atoms with Gasteiger partial charge < -0.3 is 85.3 Å². The minimum atomic E-state index is -1.84. The van der Waals surface area contributed by atoms with E-state index in [0.717, 1.165) is 5.56 Å². The molecule has 0 spiro atoms. The van der Waals surface area contributed by atoms with E-state index in [2.05, 4.69) is 58.2 Å². The average Bonchev–Trinajstić information content (AvgIpc) is 1.88. The highest BCUT2D eigenvalue weighted by atomic mass is 16.5. The van der Waals surface area contributed by atoms with E-state index in [1.165, 1.54) is 6.92 Å². The van der Waals surface area contributed by atoms with Gasteiger partial charge in [-0.05, 0) is 74.7 Å². The number of esters is 1. The summed E-state index contributed by atoms with van der Waals surface area (Å²) < 4.78 is 5.77. The highest BCUT2D eigenvalue weighted by Gasteiger charge is 2.41. The number of nitrogens with zero attached hydrogens (tertiary/aromatic N) is 1. The third kappa shape index (κ3) is 25.1. The Morgan fingerprint density at radius 1 is 0.578 bits per heavy atom. The number of aliphatic imine (C=N–C) groups is 1. The molecule has 90 heavy (non-hydrogen) atoms. The number of amides is 11. The van der Waals surface area contributed by atoms with Crippen LogP contribution >= 0.6 is 0 Å². The van der Waals surface area contributed by atoms with Gasteiger partial charge in [-0.2, -0.15) is 0 Å². The number of primary amides is 1. The molecular weight excluding hydrogens is 1170 g/mol. The van der Waals surface area contributed by atoms with Gasteiger partial charge in [0.2, 0.25) is 65.0 Å². The second kappa shape index (κ2) is 39.9. The highest BCUT2D eigenvalue weighted by Crippen LogP contribution is 2.19. The molecular formula is C61H102N14O15. The van der Waals surface area contributed by atoms with Gasteiger partial charge in [0.1, 0.15) is 66.5 Å². The quantitative estimate of drug-likeness (QED) is 0.0155. The maximum atomic E-state index is 14.5. The first-order valence-electron chi connectivity index (χ1n) is 31.4. The Bertz CT molecular complexity index is 2590. The normalized spacial score (nSPS) is 20.8. The van der Waals surface area contributed by atoms with Crippen LogP contribution in [0.3, 0.4) is 0 Å². The van der Waals surface area contributed by atoms with Crippen molar-refractivity contribution in [1.29, 1.82) is 0 Å². The van der Waals surface area contributed by atoms with E-state index in [0.29, 0.717) is 32.1 Å². The zero-order valence-corrected chi connectivity index (χ0v) is 54.1. The molecule has 18 N–H and O–H groups in total. The topological polar surface area (TPSA) is 465 Å². The van der Waals surface area contributed by atoms with Crippen LogP contribution in [0.2, 0.25) is 0 Å². The molecule has 1 heterocycles. The lowest BCUT2D eigenvalue weighted by Gasteiger charge is -2.31. The standard InChI is InChI=1S/C61H102N14O15/c1-12-22-39-52(81)74-48(35(10)16-5)60(89)90-36(11)49(59(88)68-40(51(80)66-39)25-21-28-65-61(63)64)75-55(84)43(31-77)70-57(86)46(33(8)14-3)73-58(87)47(34(9)15-4)72-53(82)41(26-27-44(62)78)67-54(83)42(30-76)69-56(85)45(32(7)13-2)71-50(79)38(17-6)29-37-23-19-18-20-24-37/h18-20,23-24,32-36,38-43,45-49,76-77H,12-17,21-22,25-31H2,1-11H3,(H2,62,78)(H,66,80)(H,67,83)(H,68,88)(H,69,85)(H,70,86)(H,71,79)(H,72,82)(H,73,87)(H,74,81)(H,75,84)(H4,63,64,65)/t32-,33-,34+,35-,36-,38+,39-,40-,41+,42-,43-,45-,46-,47+,48-,49+/m0/s1. The summed E-state index contributed by atoms with van der Waals surface area (Å²) in [5, 5.41) is 46.9. The first-order valence-corrected chi connectivity index (χ1v) is 31.4. The Labute approximate surface area is 528 Å². The maximum Gasteiger partial charge on any atom is 0.329 e. The average molecular weight is 1270 g/mol. The van der Waals surface area contributed by atoms with Crippen molar-refractivity contribution in [3.8, 4) is 0 Å². The minimum absolute atomic E-state index is 0.0454. The van der Waals surface area contributed by atoms with E-state index in [4.69, 9.17) is 21.9 Å². The summed E-state index contributed by atoms with van der Waals surface area (Å²) in [7, 11) is 0. The molecule has 506 valence electrons. The van der Waals surface area contributed by atoms with E-state index in [9.17, 15) is 67.7 Å². The molecule has 1 aliphatic heterocycles. The number of carbonyl (C=O) groups excluding carboxylic acids is 12. The van der Waals surface area contributed by atoms with Crippen LogP contribution < -0.4 is 70.4 Å². The second-order valence-electron chi connectivity index (χ2n) is 23.3. The van der Waals surface area contributed by atoms with Gasteiger partial charge in [0, 0.05) is 18.9 Å². The van der Waals surface area contributed by atoms with Crippen molar-refractivity contribution in [3.05, 3.63) is 35.9 Å². The lowest BCUT2D eigenvalue weighted by molar-refractivity contribution is -0.157. The predicted molar refractivity (Wildman–Crippen MR) is 334 cm³/mol. The molecule has 1 aliphatic rings. The Morgan fingerprint density at radius 2 is 1.04 bits per heavy atom. The summed E-state index contributed by atoms with van der Waals surface area (Å²) in [5.41, 5.74) is 17.4. The van der Waals surface area contributed by atoms with Crippen molar-refractivity contribution in [2.75, 3.05) is 19.8 Å². The number of hydrogen-bond acceptors (Lipinski definition) is 16. The SMILES string of the molecule is CCC[C@@H]1NC(=O)[C@H](CCCN=C(N)N)NC(=O)[C@H](NC(=O)[C@H](CO)NC(=O)[C@@H](NC(=O)[C@H](NC(=O)[C@@H](CCC(N)=O)NC(=O)[C@H](CO)NC(=O)[C@@H](NC(=O)[C@H](CC)Cc2ccccc2)[C@@H](C)CC)[C@H](C)CC)[C@@H](C)CC)[C@H](C)OC(=O)[C@H]([C@@H](C)CC)NC1=O. The summed E-state index contributed by atoms with van der Waals surface area (Å²) >= 11 is 0. The van der Waals surface area contributed by atoms with E-state index in [1.54, 1.807) is 55.4 Å². The number of rotatable bonds is 36. The van der Waals surface area contributed by atoms with Gasteiger partial charge in [-0.1, -0.05) is 132 Å². The lowest BCUT2D eigenvalue weighted by atomic mass is 9.93. The summed E-state index contributed by atoms with van der Waals surface area (Å²) in [6.07, 6.45) is 0.520. The Hall–Kier alpha value is -7.95. The fourth-order valence-corrected chi connectivity index (χ4v) is 9.69. The summed E-state index contributed by atoms with van der Waals surface area (Å²) in [4.78, 5) is 171. The van der Waals surface area contributed by atoms with Gasteiger partial charge in [0.15, 0.2) is 5.96 Å². The van der Waals surface area contributed by atoms with Gasteiger partial charge in [0.25, 0.3) is 0 Å². The van der Waals surface area contributed by atoms with Crippen molar-refractivity contribution in [3.63, 3.8) is 0 Å². The third-order valence-corrected chi connectivity index (χ3v) is 16.4. The van der Waals surface area contributed by atoms with Crippen LogP contribution in [0.4, 0.5) is 0 Å². The number of aliphatic hydroxyl groups excluding tert-OH is 2. The highest BCUT2D eigenvalue weighted by molar-refractivity contribution is 5.99.